The lowest BCUT2D eigenvalue weighted by Crippen LogP contribution is -2.58. The number of ether oxygens (including phenoxy) is 1. The highest BCUT2D eigenvalue weighted by Crippen LogP contribution is 2.44. The molecule has 0 amide bonds. The van der Waals surface area contributed by atoms with Gasteiger partial charge in [-0.15, -0.1) is 0 Å². The van der Waals surface area contributed by atoms with E-state index >= 15 is 0 Å². The molecule has 1 aliphatic carbocycles. The third-order valence-corrected chi connectivity index (χ3v) is 5.66. The van der Waals surface area contributed by atoms with Crippen LogP contribution in [0.4, 0.5) is 0 Å². The highest BCUT2D eigenvalue weighted by Gasteiger charge is 2.45. The first-order chi connectivity index (χ1) is 9.81. The molecule has 0 aromatic carbocycles. The average Bonchev–Trinajstić information content (AvgIpc) is 2.47. The summed E-state index contributed by atoms with van der Waals surface area (Å²) in [6, 6.07) is 0.352. The van der Waals surface area contributed by atoms with Crippen molar-refractivity contribution >= 4 is 5.97 Å². The summed E-state index contributed by atoms with van der Waals surface area (Å²) in [6.45, 7) is 13.7. The van der Waals surface area contributed by atoms with E-state index in [2.05, 4.69) is 39.9 Å². The second-order valence-electron chi connectivity index (χ2n) is 7.37. The van der Waals surface area contributed by atoms with E-state index < -0.39 is 5.54 Å². The Morgan fingerprint density at radius 2 is 1.86 bits per heavy atom. The monoisotopic (exact) mass is 297 g/mol. The van der Waals surface area contributed by atoms with Crippen molar-refractivity contribution in [3.63, 3.8) is 0 Å². The standard InChI is InChI=1S/C18H35NO2/c1-7-14(4)19-18(16(20)21-9-3)12-10-15(11-13-18)17(5,6)8-2/h14-15,19H,7-13H2,1-6H3. The van der Waals surface area contributed by atoms with Crippen molar-refractivity contribution < 1.29 is 9.53 Å². The SMILES string of the molecule is CCOC(=O)C1(NC(C)CC)CCC(C(C)(C)CC)CC1. The molecule has 1 aliphatic rings. The van der Waals surface area contributed by atoms with Crippen LogP contribution >= 0.6 is 0 Å². The summed E-state index contributed by atoms with van der Waals surface area (Å²) < 4.78 is 5.38. The first kappa shape index (κ1) is 18.5. The zero-order valence-corrected chi connectivity index (χ0v) is 14.9. The molecule has 1 unspecified atom stereocenters. The van der Waals surface area contributed by atoms with Crippen LogP contribution in [0.3, 0.4) is 0 Å². The molecule has 0 heterocycles. The molecule has 3 heteroatoms. The zero-order valence-electron chi connectivity index (χ0n) is 14.9. The number of hydrogen-bond acceptors (Lipinski definition) is 3. The predicted molar refractivity (Wildman–Crippen MR) is 88.3 cm³/mol. The Bertz CT molecular complexity index is 330. The number of carbonyl (C=O) groups is 1. The highest BCUT2D eigenvalue weighted by atomic mass is 16.5. The Morgan fingerprint density at radius 1 is 1.29 bits per heavy atom. The average molecular weight is 297 g/mol. The number of carbonyl (C=O) groups excluding carboxylic acids is 1. The Balaban J connectivity index is 2.81. The molecule has 0 bridgehead atoms. The van der Waals surface area contributed by atoms with Gasteiger partial charge in [0.2, 0.25) is 0 Å². The second-order valence-corrected chi connectivity index (χ2v) is 7.37. The molecule has 1 N–H and O–H groups in total. The minimum atomic E-state index is -0.453. The third kappa shape index (κ3) is 4.45. The first-order valence-corrected chi connectivity index (χ1v) is 8.76. The molecule has 1 fully saturated rings. The molecule has 124 valence electrons. The molecular weight excluding hydrogens is 262 g/mol. The molecule has 3 nitrogen and oxygen atoms in total. The maximum atomic E-state index is 12.5. The maximum absolute atomic E-state index is 12.5. The van der Waals surface area contributed by atoms with Gasteiger partial charge in [0.05, 0.1) is 6.61 Å². The van der Waals surface area contributed by atoms with Crippen LogP contribution in [0, 0.1) is 11.3 Å². The summed E-state index contributed by atoms with van der Waals surface area (Å²) in [6.07, 6.45) is 6.27. The number of nitrogens with one attached hydrogen (secondary N) is 1. The molecule has 0 spiro atoms. The van der Waals surface area contributed by atoms with Crippen LogP contribution in [0.1, 0.15) is 80.1 Å². The quantitative estimate of drug-likeness (QED) is 0.712. The summed E-state index contributed by atoms with van der Waals surface area (Å²) in [5.41, 5.74) is -0.0804. The summed E-state index contributed by atoms with van der Waals surface area (Å²) in [7, 11) is 0. The molecule has 0 radical (unpaired) electrons. The van der Waals surface area contributed by atoms with E-state index in [1.807, 2.05) is 6.92 Å². The van der Waals surface area contributed by atoms with Crippen LogP contribution < -0.4 is 5.32 Å². The molecule has 0 saturated heterocycles. The third-order valence-electron chi connectivity index (χ3n) is 5.66. The van der Waals surface area contributed by atoms with Gasteiger partial charge in [-0.1, -0.05) is 34.1 Å². The van der Waals surface area contributed by atoms with Gasteiger partial charge in [-0.2, -0.15) is 0 Å². The van der Waals surface area contributed by atoms with Gasteiger partial charge < -0.3 is 4.74 Å². The van der Waals surface area contributed by atoms with E-state index in [-0.39, 0.29) is 5.97 Å². The summed E-state index contributed by atoms with van der Waals surface area (Å²) in [5, 5.41) is 3.58. The maximum Gasteiger partial charge on any atom is 0.326 e. The van der Waals surface area contributed by atoms with Crippen LogP contribution in [0.15, 0.2) is 0 Å². The van der Waals surface area contributed by atoms with Gasteiger partial charge in [0.1, 0.15) is 5.54 Å². The Morgan fingerprint density at radius 3 is 2.29 bits per heavy atom. The highest BCUT2D eigenvalue weighted by molar-refractivity contribution is 5.81. The van der Waals surface area contributed by atoms with Crippen LogP contribution in [0.5, 0.6) is 0 Å². The van der Waals surface area contributed by atoms with Gasteiger partial charge in [-0.05, 0) is 57.3 Å². The Hall–Kier alpha value is -0.570. The van der Waals surface area contributed by atoms with E-state index in [0.717, 1.165) is 32.1 Å². The predicted octanol–water partition coefficient (Wildman–Crippen LogP) is 4.30. The summed E-state index contributed by atoms with van der Waals surface area (Å²) in [5.74, 6) is 0.668. The fourth-order valence-electron chi connectivity index (χ4n) is 3.43. The van der Waals surface area contributed by atoms with Gasteiger partial charge in [-0.25, -0.2) is 0 Å². The smallest absolute Gasteiger partial charge is 0.326 e. The summed E-state index contributed by atoms with van der Waals surface area (Å²) >= 11 is 0. The largest absolute Gasteiger partial charge is 0.465 e. The van der Waals surface area contributed by atoms with Gasteiger partial charge >= 0.3 is 5.97 Å². The lowest BCUT2D eigenvalue weighted by Gasteiger charge is -2.45. The van der Waals surface area contributed by atoms with Crippen LogP contribution in [-0.2, 0) is 9.53 Å². The van der Waals surface area contributed by atoms with E-state index in [4.69, 9.17) is 4.74 Å². The molecule has 1 rings (SSSR count). The summed E-state index contributed by atoms with van der Waals surface area (Å²) in [4.78, 5) is 12.5. The van der Waals surface area contributed by atoms with Crippen LogP contribution in [0.2, 0.25) is 0 Å². The van der Waals surface area contributed by atoms with E-state index in [1.54, 1.807) is 0 Å². The Labute approximate surface area is 131 Å². The molecule has 0 aromatic heterocycles. The van der Waals surface area contributed by atoms with Crippen molar-refractivity contribution in [3.05, 3.63) is 0 Å². The lowest BCUT2D eigenvalue weighted by atomic mass is 9.65. The normalized spacial score (nSPS) is 28.2. The van der Waals surface area contributed by atoms with Crippen molar-refractivity contribution in [1.82, 2.24) is 5.32 Å². The molecule has 1 saturated carbocycles. The van der Waals surface area contributed by atoms with Gasteiger partial charge in [-0.3, -0.25) is 10.1 Å². The van der Waals surface area contributed by atoms with Crippen molar-refractivity contribution in [2.24, 2.45) is 11.3 Å². The van der Waals surface area contributed by atoms with Gasteiger partial charge in [0.25, 0.3) is 0 Å². The lowest BCUT2D eigenvalue weighted by molar-refractivity contribution is -0.154. The molecule has 1 atom stereocenters. The molecule has 0 aromatic rings. The minimum absolute atomic E-state index is 0.0435. The number of rotatable bonds is 7. The molecule has 21 heavy (non-hydrogen) atoms. The number of esters is 1. The van der Waals surface area contributed by atoms with Crippen molar-refractivity contribution in [2.45, 2.75) is 91.6 Å². The Kier molecular flexibility index (Phi) is 6.71. The fourth-order valence-corrected chi connectivity index (χ4v) is 3.43. The molecular formula is C18H35NO2. The minimum Gasteiger partial charge on any atom is -0.465 e. The van der Waals surface area contributed by atoms with E-state index in [9.17, 15) is 4.79 Å². The van der Waals surface area contributed by atoms with Gasteiger partial charge in [0, 0.05) is 6.04 Å². The fraction of sp³-hybridized carbons (Fsp3) is 0.944. The van der Waals surface area contributed by atoms with Gasteiger partial charge in [0.15, 0.2) is 0 Å². The first-order valence-electron chi connectivity index (χ1n) is 8.76. The van der Waals surface area contributed by atoms with E-state index in [1.165, 1.54) is 6.42 Å². The van der Waals surface area contributed by atoms with Crippen LogP contribution in [-0.4, -0.2) is 24.2 Å². The second kappa shape index (κ2) is 7.62. The number of hydrogen-bond donors (Lipinski definition) is 1. The molecule has 0 aliphatic heterocycles. The van der Waals surface area contributed by atoms with E-state index in [0.29, 0.717) is 24.0 Å². The van der Waals surface area contributed by atoms with Crippen molar-refractivity contribution in [2.75, 3.05) is 6.61 Å². The zero-order chi connectivity index (χ0) is 16.1. The van der Waals surface area contributed by atoms with Crippen LogP contribution in [0.25, 0.3) is 0 Å². The van der Waals surface area contributed by atoms with Crippen molar-refractivity contribution in [1.29, 1.82) is 0 Å². The topological polar surface area (TPSA) is 38.3 Å². The van der Waals surface area contributed by atoms with Crippen molar-refractivity contribution in [3.8, 4) is 0 Å².